The molecule has 1 aromatic rings. The Hall–Kier alpha value is -1.53. The van der Waals surface area contributed by atoms with Crippen molar-refractivity contribution in [3.8, 4) is 0 Å². The van der Waals surface area contributed by atoms with Crippen molar-refractivity contribution in [1.29, 1.82) is 0 Å². The molecule has 0 aliphatic heterocycles. The van der Waals surface area contributed by atoms with E-state index in [0.717, 1.165) is 23.3 Å². The second kappa shape index (κ2) is 8.53. The Bertz CT molecular complexity index is 585. The van der Waals surface area contributed by atoms with E-state index in [9.17, 15) is 9.59 Å². The van der Waals surface area contributed by atoms with E-state index in [-0.39, 0.29) is 24.5 Å². The normalized spacial score (nSPS) is 20.0. The van der Waals surface area contributed by atoms with Crippen molar-refractivity contribution >= 4 is 23.6 Å². The minimum Gasteiger partial charge on any atom is -0.480 e. The number of likely N-dealkylation sites (N-methyl/N-ethyl adjacent to an activating group) is 1. The first kappa shape index (κ1) is 18.8. The van der Waals surface area contributed by atoms with Gasteiger partial charge in [-0.2, -0.15) is 0 Å². The molecule has 0 atom stereocenters. The van der Waals surface area contributed by atoms with Crippen molar-refractivity contribution in [3.05, 3.63) is 29.8 Å². The molecule has 5 nitrogen and oxygen atoms in total. The van der Waals surface area contributed by atoms with Crippen molar-refractivity contribution in [2.45, 2.75) is 55.8 Å². The summed E-state index contributed by atoms with van der Waals surface area (Å²) in [6.07, 6.45) is 1.62. The van der Waals surface area contributed by atoms with Crippen molar-refractivity contribution in [2.75, 3.05) is 13.1 Å². The molecular weight excluding hydrogens is 324 g/mol. The number of benzene rings is 1. The molecule has 24 heavy (non-hydrogen) atoms. The number of carboxylic acid groups (broad SMARTS) is 1. The van der Waals surface area contributed by atoms with E-state index < -0.39 is 5.97 Å². The molecule has 0 saturated heterocycles. The third kappa shape index (κ3) is 4.98. The zero-order chi connectivity index (χ0) is 17.7. The SMILES string of the molecule is CCN(CC(=O)O)C1CC(NC(=O)c2ccccc2SC(C)C)C1. The highest BCUT2D eigenvalue weighted by Gasteiger charge is 2.35. The fourth-order valence-corrected chi connectivity index (χ4v) is 3.90. The van der Waals surface area contributed by atoms with Gasteiger partial charge in [-0.15, -0.1) is 11.8 Å². The molecule has 0 spiro atoms. The maximum Gasteiger partial charge on any atom is 0.317 e. The van der Waals surface area contributed by atoms with Crippen molar-refractivity contribution < 1.29 is 14.7 Å². The van der Waals surface area contributed by atoms with Gasteiger partial charge in [0, 0.05) is 22.2 Å². The summed E-state index contributed by atoms with van der Waals surface area (Å²) in [5, 5.41) is 12.4. The molecule has 2 rings (SSSR count). The lowest BCUT2D eigenvalue weighted by Crippen LogP contribution is -2.54. The molecule has 1 aromatic carbocycles. The van der Waals surface area contributed by atoms with Crippen LogP contribution in [-0.4, -0.2) is 52.3 Å². The minimum absolute atomic E-state index is 0.0384. The standard InChI is InChI=1S/C18H26N2O3S/c1-4-20(11-17(21)22)14-9-13(10-14)19-18(23)15-7-5-6-8-16(15)24-12(2)3/h5-8,12-14H,4,9-11H2,1-3H3,(H,19,23)(H,21,22). The summed E-state index contributed by atoms with van der Waals surface area (Å²) in [4.78, 5) is 26.4. The summed E-state index contributed by atoms with van der Waals surface area (Å²) >= 11 is 1.69. The average Bonchev–Trinajstić information content (AvgIpc) is 2.48. The number of thioether (sulfide) groups is 1. The van der Waals surface area contributed by atoms with Crippen LogP contribution in [-0.2, 0) is 4.79 Å². The second-order valence-corrected chi connectivity index (χ2v) is 8.03. The van der Waals surface area contributed by atoms with Gasteiger partial charge in [-0.1, -0.05) is 32.9 Å². The molecule has 1 amide bonds. The number of aliphatic carboxylic acids is 1. The van der Waals surface area contributed by atoms with Gasteiger partial charge in [0.05, 0.1) is 12.1 Å². The molecule has 0 unspecified atom stereocenters. The number of nitrogens with one attached hydrogen (secondary N) is 1. The molecule has 1 aliphatic carbocycles. The highest BCUT2D eigenvalue weighted by molar-refractivity contribution is 8.00. The predicted molar refractivity (Wildman–Crippen MR) is 96.6 cm³/mol. The third-order valence-corrected chi connectivity index (χ3v) is 5.29. The Kier molecular flexibility index (Phi) is 6.69. The molecule has 1 aliphatic rings. The fourth-order valence-electron chi connectivity index (χ4n) is 2.95. The first-order chi connectivity index (χ1) is 11.4. The Morgan fingerprint density at radius 2 is 2.00 bits per heavy atom. The van der Waals surface area contributed by atoms with Crippen molar-refractivity contribution in [2.24, 2.45) is 0 Å². The van der Waals surface area contributed by atoms with Crippen LogP contribution in [0.4, 0.5) is 0 Å². The Labute approximate surface area is 147 Å². The zero-order valence-corrected chi connectivity index (χ0v) is 15.3. The molecule has 0 aromatic heterocycles. The summed E-state index contributed by atoms with van der Waals surface area (Å²) in [5.74, 6) is -0.840. The molecular formula is C18H26N2O3S. The largest absolute Gasteiger partial charge is 0.480 e. The minimum atomic E-state index is -0.802. The summed E-state index contributed by atoms with van der Waals surface area (Å²) in [6, 6.07) is 8.05. The van der Waals surface area contributed by atoms with Gasteiger partial charge in [-0.05, 0) is 31.5 Å². The number of carboxylic acids is 1. The van der Waals surface area contributed by atoms with E-state index in [1.807, 2.05) is 36.1 Å². The number of hydrogen-bond donors (Lipinski definition) is 2. The summed E-state index contributed by atoms with van der Waals surface area (Å²) in [7, 11) is 0. The van der Waals surface area contributed by atoms with Crippen LogP contribution >= 0.6 is 11.8 Å². The Morgan fingerprint density at radius 3 is 2.58 bits per heavy atom. The first-order valence-electron chi connectivity index (χ1n) is 8.43. The average molecular weight is 350 g/mol. The van der Waals surface area contributed by atoms with E-state index in [0.29, 0.717) is 11.8 Å². The lowest BCUT2D eigenvalue weighted by atomic mass is 9.85. The van der Waals surface area contributed by atoms with Gasteiger partial charge < -0.3 is 10.4 Å². The van der Waals surface area contributed by atoms with E-state index in [1.165, 1.54) is 0 Å². The second-order valence-electron chi connectivity index (χ2n) is 6.42. The van der Waals surface area contributed by atoms with E-state index >= 15 is 0 Å². The molecule has 0 heterocycles. The zero-order valence-electron chi connectivity index (χ0n) is 14.5. The van der Waals surface area contributed by atoms with Crippen LogP contribution in [0.3, 0.4) is 0 Å². The molecule has 2 N–H and O–H groups in total. The van der Waals surface area contributed by atoms with Crippen LogP contribution in [0.1, 0.15) is 44.0 Å². The van der Waals surface area contributed by atoms with Crippen molar-refractivity contribution in [3.63, 3.8) is 0 Å². The highest BCUT2D eigenvalue weighted by Crippen LogP contribution is 2.29. The monoisotopic (exact) mass is 350 g/mol. The maximum absolute atomic E-state index is 12.5. The number of nitrogens with zero attached hydrogens (tertiary/aromatic N) is 1. The number of carbonyl (C=O) groups excluding carboxylic acids is 1. The number of hydrogen-bond acceptors (Lipinski definition) is 4. The van der Waals surface area contributed by atoms with Crippen LogP contribution < -0.4 is 5.32 Å². The molecule has 0 radical (unpaired) electrons. The lowest BCUT2D eigenvalue weighted by Gasteiger charge is -2.42. The molecule has 132 valence electrons. The fraction of sp³-hybridized carbons (Fsp3) is 0.556. The van der Waals surface area contributed by atoms with Gasteiger partial charge in [0.15, 0.2) is 0 Å². The Morgan fingerprint density at radius 1 is 1.33 bits per heavy atom. The van der Waals surface area contributed by atoms with Gasteiger partial charge in [0.25, 0.3) is 5.91 Å². The summed E-state index contributed by atoms with van der Waals surface area (Å²) in [5.41, 5.74) is 0.720. The molecule has 1 fully saturated rings. The number of amides is 1. The van der Waals surface area contributed by atoms with Crippen LogP contribution in [0, 0.1) is 0 Å². The van der Waals surface area contributed by atoms with Gasteiger partial charge in [-0.25, -0.2) is 0 Å². The molecule has 0 bridgehead atoms. The van der Waals surface area contributed by atoms with E-state index in [4.69, 9.17) is 5.11 Å². The van der Waals surface area contributed by atoms with Crippen LogP contribution in [0.25, 0.3) is 0 Å². The maximum atomic E-state index is 12.5. The smallest absolute Gasteiger partial charge is 0.317 e. The predicted octanol–water partition coefficient (Wildman–Crippen LogP) is 2.85. The Balaban J connectivity index is 1.90. The lowest BCUT2D eigenvalue weighted by molar-refractivity contribution is -0.139. The topological polar surface area (TPSA) is 69.6 Å². The van der Waals surface area contributed by atoms with Crippen molar-refractivity contribution in [1.82, 2.24) is 10.2 Å². The third-order valence-electron chi connectivity index (χ3n) is 4.20. The number of rotatable bonds is 8. The number of carbonyl (C=O) groups is 2. The van der Waals surface area contributed by atoms with Gasteiger partial charge >= 0.3 is 5.97 Å². The molecule has 1 saturated carbocycles. The van der Waals surface area contributed by atoms with Crippen LogP contribution in [0.5, 0.6) is 0 Å². The highest BCUT2D eigenvalue weighted by atomic mass is 32.2. The summed E-state index contributed by atoms with van der Waals surface area (Å²) in [6.45, 7) is 6.96. The quantitative estimate of drug-likeness (QED) is 0.706. The van der Waals surface area contributed by atoms with Gasteiger partial charge in [-0.3, -0.25) is 14.5 Å². The van der Waals surface area contributed by atoms with Gasteiger partial charge in [0.1, 0.15) is 0 Å². The van der Waals surface area contributed by atoms with E-state index in [2.05, 4.69) is 19.2 Å². The first-order valence-corrected chi connectivity index (χ1v) is 9.31. The van der Waals surface area contributed by atoms with Crippen LogP contribution in [0.2, 0.25) is 0 Å². The van der Waals surface area contributed by atoms with Gasteiger partial charge in [0.2, 0.25) is 0 Å². The van der Waals surface area contributed by atoms with E-state index in [1.54, 1.807) is 11.8 Å². The van der Waals surface area contributed by atoms with Crippen LogP contribution in [0.15, 0.2) is 29.2 Å². The molecule has 6 heteroatoms. The summed E-state index contributed by atoms with van der Waals surface area (Å²) < 4.78 is 0.